The van der Waals surface area contributed by atoms with Crippen molar-refractivity contribution >= 4 is 56.5 Å². The van der Waals surface area contributed by atoms with Crippen molar-refractivity contribution < 1.29 is 51.4 Å². The lowest BCUT2D eigenvalue weighted by molar-refractivity contribution is -0.386. The Hall–Kier alpha value is -6.17. The van der Waals surface area contributed by atoms with Crippen LogP contribution in [0.15, 0.2) is 96.4 Å². The second kappa shape index (κ2) is 19.2. The van der Waals surface area contributed by atoms with Gasteiger partial charge in [0.1, 0.15) is 16.8 Å². The van der Waals surface area contributed by atoms with Crippen LogP contribution in [0.2, 0.25) is 10.0 Å². The van der Waals surface area contributed by atoms with E-state index in [0.29, 0.717) is 33.4 Å². The van der Waals surface area contributed by atoms with Crippen LogP contribution in [0.4, 0.5) is 11.4 Å². The van der Waals surface area contributed by atoms with Crippen LogP contribution in [0.25, 0.3) is 0 Å². The number of nitro groups is 1. The number of pyridine rings is 2. The lowest BCUT2D eigenvalue weighted by Gasteiger charge is -2.15. The molecule has 0 aliphatic heterocycles. The van der Waals surface area contributed by atoms with Crippen molar-refractivity contribution in [3.8, 4) is 34.5 Å². The third kappa shape index (κ3) is 11.4. The Morgan fingerprint density at radius 1 is 0.709 bits per heavy atom. The van der Waals surface area contributed by atoms with Crippen LogP contribution in [0.5, 0.6) is 34.5 Å². The van der Waals surface area contributed by atoms with E-state index in [9.17, 15) is 28.1 Å². The van der Waals surface area contributed by atoms with E-state index in [0.717, 1.165) is 6.20 Å². The largest absolute Gasteiger partial charge is 0.493 e. The smallest absolute Gasteiger partial charge is 0.329 e. The summed E-state index contributed by atoms with van der Waals surface area (Å²) in [6, 6.07) is 16.7. The number of methoxy groups -OCH3 is 4. The fourth-order valence-corrected chi connectivity index (χ4v) is 6.39. The average molecular weight is 816 g/mol. The predicted octanol–water partition coefficient (Wildman–Crippen LogP) is 7.21. The van der Waals surface area contributed by atoms with E-state index in [1.54, 1.807) is 36.4 Å². The number of hydrogen-bond acceptors (Lipinski definition) is 14. The number of nitrogens with one attached hydrogen (secondary N) is 1. The van der Waals surface area contributed by atoms with E-state index < -0.39 is 20.9 Å². The second-order valence-electron chi connectivity index (χ2n) is 10.8. The third-order valence-electron chi connectivity index (χ3n) is 7.21. The summed E-state index contributed by atoms with van der Waals surface area (Å²) in [6.07, 6.45) is 5.39. The number of ether oxygens (including phenoxy) is 6. The molecule has 0 radical (unpaired) electrons. The topological polar surface area (TPSA) is 205 Å². The highest BCUT2D eigenvalue weighted by Gasteiger charge is 2.22. The molecule has 55 heavy (non-hydrogen) atoms. The fourth-order valence-electron chi connectivity index (χ4n) is 4.56. The highest BCUT2D eigenvalue weighted by Crippen LogP contribution is 2.38. The molecule has 3 aromatic carbocycles. The normalized spacial score (nSPS) is 10.6. The van der Waals surface area contributed by atoms with Crippen LogP contribution in [-0.2, 0) is 41.9 Å². The van der Waals surface area contributed by atoms with E-state index in [1.165, 1.54) is 77.4 Å². The number of hydrogen-bond donors (Lipinski definition) is 1. The second-order valence-corrected chi connectivity index (χ2v) is 13.3. The SMILES string of the molecule is COC(=O)Cc1ccc(Oc2ccncc2NS(=O)(=O)c2ccc(Cl)cc2Cl)c(OC)c1.COC(=O)Cc1ccc(Oc2ccncc2[N+](=O)[O-])c(OC)c1. The minimum Gasteiger partial charge on any atom is -0.493 e. The standard InChI is InChI=1S/C21H18Cl2N2O6S.C15H14N2O6/c1-29-19-9-13(10-21(26)30-2)3-5-18(19)31-17-7-8-24-12-16(17)25-32(27,28)20-6-4-14(22)11-15(20)23;1-21-14-7-10(8-15(18)22-2)3-4-13(14)23-12-5-6-16-9-11(12)17(19)20/h3-9,11-12,25H,10H2,1-2H3;3-7,9H,8H2,1-2H3. The maximum atomic E-state index is 12.8. The lowest BCUT2D eigenvalue weighted by atomic mass is 10.1. The Morgan fingerprint density at radius 3 is 1.75 bits per heavy atom. The van der Waals surface area contributed by atoms with Crippen molar-refractivity contribution in [2.24, 2.45) is 0 Å². The van der Waals surface area contributed by atoms with Gasteiger partial charge in [-0.3, -0.25) is 34.4 Å². The van der Waals surface area contributed by atoms with Gasteiger partial charge in [0.05, 0.1) is 57.4 Å². The van der Waals surface area contributed by atoms with Crippen molar-refractivity contribution in [2.75, 3.05) is 33.2 Å². The quantitative estimate of drug-likeness (QED) is 0.0668. The van der Waals surface area contributed by atoms with Crippen molar-refractivity contribution in [1.29, 1.82) is 0 Å². The molecule has 0 unspecified atom stereocenters. The number of anilines is 1. The average Bonchev–Trinajstić information content (AvgIpc) is 3.16. The number of nitrogens with zero attached hydrogens (tertiary/aromatic N) is 3. The summed E-state index contributed by atoms with van der Waals surface area (Å²) >= 11 is 11.9. The number of halogens is 2. The molecule has 2 aromatic heterocycles. The summed E-state index contributed by atoms with van der Waals surface area (Å²) in [5, 5.41) is 11.3. The van der Waals surface area contributed by atoms with E-state index >= 15 is 0 Å². The maximum absolute atomic E-state index is 12.8. The minimum absolute atomic E-state index is 0.0285. The molecular weight excluding hydrogens is 783 g/mol. The molecule has 0 saturated heterocycles. The number of rotatable bonds is 14. The Bertz CT molecular complexity index is 2290. The first-order valence-electron chi connectivity index (χ1n) is 15.6. The summed E-state index contributed by atoms with van der Waals surface area (Å²) < 4.78 is 59.4. The molecule has 0 saturated carbocycles. The van der Waals surface area contributed by atoms with Crippen LogP contribution in [-0.4, -0.2) is 63.7 Å². The molecule has 2 heterocycles. The van der Waals surface area contributed by atoms with Crippen LogP contribution in [0, 0.1) is 10.1 Å². The Morgan fingerprint density at radius 2 is 1.24 bits per heavy atom. The van der Waals surface area contributed by atoms with Crippen LogP contribution >= 0.6 is 23.2 Å². The minimum atomic E-state index is -4.06. The molecule has 0 spiro atoms. The monoisotopic (exact) mass is 814 g/mol. The van der Waals surface area contributed by atoms with Crippen molar-refractivity contribution in [1.82, 2.24) is 9.97 Å². The molecule has 1 N–H and O–H groups in total. The van der Waals surface area contributed by atoms with Gasteiger partial charge >= 0.3 is 17.6 Å². The number of carbonyl (C=O) groups excluding carboxylic acids is 2. The van der Waals surface area contributed by atoms with Gasteiger partial charge in [-0.15, -0.1) is 0 Å². The van der Waals surface area contributed by atoms with Crippen molar-refractivity contribution in [2.45, 2.75) is 17.7 Å². The van der Waals surface area contributed by atoms with Gasteiger partial charge in [0, 0.05) is 29.5 Å². The molecule has 0 bridgehead atoms. The van der Waals surface area contributed by atoms with Gasteiger partial charge in [-0.1, -0.05) is 35.3 Å². The summed E-state index contributed by atoms with van der Waals surface area (Å²) in [5.41, 5.74) is 1.16. The van der Waals surface area contributed by atoms with E-state index in [4.69, 9.17) is 42.1 Å². The highest BCUT2D eigenvalue weighted by atomic mass is 35.5. The first-order chi connectivity index (χ1) is 26.3. The first kappa shape index (κ1) is 41.6. The first-order valence-corrected chi connectivity index (χ1v) is 17.9. The van der Waals surface area contributed by atoms with Crippen molar-refractivity contribution in [3.63, 3.8) is 0 Å². The van der Waals surface area contributed by atoms with Gasteiger partial charge in [0.25, 0.3) is 10.0 Å². The molecular formula is C36H32Cl2N4O12S. The van der Waals surface area contributed by atoms with E-state index in [1.807, 2.05) is 0 Å². The fraction of sp³-hybridized carbons (Fsp3) is 0.167. The molecule has 288 valence electrons. The Balaban J connectivity index is 0.000000258. The van der Waals surface area contributed by atoms with Gasteiger partial charge in [-0.2, -0.15) is 0 Å². The summed E-state index contributed by atoms with van der Waals surface area (Å²) in [5.74, 6) is 0.720. The third-order valence-corrected chi connectivity index (χ3v) is 9.30. The number of benzene rings is 3. The zero-order valence-electron chi connectivity index (χ0n) is 29.5. The lowest BCUT2D eigenvalue weighted by Crippen LogP contribution is -2.14. The molecule has 19 heteroatoms. The molecule has 16 nitrogen and oxygen atoms in total. The summed E-state index contributed by atoms with van der Waals surface area (Å²) in [4.78, 5) is 40.7. The van der Waals surface area contributed by atoms with Crippen LogP contribution in [0.3, 0.4) is 0 Å². The van der Waals surface area contributed by atoms with Gasteiger partial charge in [0.15, 0.2) is 28.7 Å². The molecule has 0 aliphatic rings. The predicted molar refractivity (Wildman–Crippen MR) is 200 cm³/mol. The number of aromatic nitrogens is 2. The Labute approximate surface area is 325 Å². The molecule has 0 fully saturated rings. The molecule has 5 rings (SSSR count). The zero-order chi connectivity index (χ0) is 40.1. The number of carbonyl (C=O) groups is 2. The molecule has 5 aromatic rings. The van der Waals surface area contributed by atoms with Gasteiger partial charge in [0.2, 0.25) is 5.75 Å². The highest BCUT2D eigenvalue weighted by molar-refractivity contribution is 7.92. The van der Waals surface area contributed by atoms with Gasteiger partial charge in [-0.25, -0.2) is 8.42 Å². The number of sulfonamides is 1. The van der Waals surface area contributed by atoms with Gasteiger partial charge < -0.3 is 28.4 Å². The molecule has 0 aliphatic carbocycles. The number of esters is 2. The van der Waals surface area contributed by atoms with Gasteiger partial charge in [-0.05, 0) is 53.6 Å². The zero-order valence-corrected chi connectivity index (χ0v) is 31.8. The summed E-state index contributed by atoms with van der Waals surface area (Å²) in [7, 11) is 1.44. The summed E-state index contributed by atoms with van der Waals surface area (Å²) in [6.45, 7) is 0. The van der Waals surface area contributed by atoms with Crippen LogP contribution < -0.4 is 23.7 Å². The molecule has 0 atom stereocenters. The van der Waals surface area contributed by atoms with E-state index in [2.05, 4.69) is 24.2 Å². The molecule has 0 amide bonds. The maximum Gasteiger partial charge on any atom is 0.329 e. The van der Waals surface area contributed by atoms with Crippen LogP contribution in [0.1, 0.15) is 11.1 Å². The van der Waals surface area contributed by atoms with E-state index in [-0.39, 0.29) is 57.4 Å². The Kier molecular flexibility index (Phi) is 14.5. The van der Waals surface area contributed by atoms with Crippen molar-refractivity contribution in [3.05, 3.63) is 123 Å².